The van der Waals surface area contributed by atoms with E-state index >= 15 is 0 Å². The largest absolute Gasteiger partial charge is 0.349 e. The van der Waals surface area contributed by atoms with Crippen LogP contribution in [0.1, 0.15) is 18.5 Å². The molecule has 0 aliphatic heterocycles. The monoisotopic (exact) mass is 384 g/mol. The molecule has 0 heterocycles. The van der Waals surface area contributed by atoms with Crippen LogP contribution in [0, 0.1) is 10.1 Å². The van der Waals surface area contributed by atoms with Gasteiger partial charge in [-0.1, -0.05) is 29.3 Å². The maximum absolute atomic E-state index is 12.0. The van der Waals surface area contributed by atoms with Gasteiger partial charge in [0, 0.05) is 27.1 Å². The maximum Gasteiger partial charge on any atom is 0.269 e. The molecule has 2 rings (SSSR count). The lowest BCUT2D eigenvalue weighted by Gasteiger charge is -2.16. The average molecular weight is 385 g/mol. The third-order valence-electron chi connectivity index (χ3n) is 3.22. The van der Waals surface area contributed by atoms with Gasteiger partial charge in [-0.2, -0.15) is 0 Å². The molecule has 0 bridgehead atoms. The molecule has 5 nitrogen and oxygen atoms in total. The van der Waals surface area contributed by atoms with Crippen molar-refractivity contribution < 1.29 is 9.72 Å². The first kappa shape index (κ1) is 18.6. The van der Waals surface area contributed by atoms with Crippen molar-refractivity contribution in [3.8, 4) is 0 Å². The van der Waals surface area contributed by atoms with Crippen molar-refractivity contribution in [2.45, 2.75) is 17.9 Å². The highest BCUT2D eigenvalue weighted by Gasteiger charge is 2.13. The lowest BCUT2D eigenvalue weighted by atomic mass is 10.1. The van der Waals surface area contributed by atoms with Crippen LogP contribution in [-0.2, 0) is 4.79 Å². The SMILES string of the molecule is C[C@@H](NC(=O)CSc1ccc([N+](=O)[O-])cc1)c1ccc(Cl)cc1Cl. The number of hydrogen-bond donors (Lipinski definition) is 1. The van der Waals surface area contributed by atoms with Gasteiger partial charge < -0.3 is 5.32 Å². The smallest absolute Gasteiger partial charge is 0.269 e. The summed E-state index contributed by atoms with van der Waals surface area (Å²) in [4.78, 5) is 23.0. The number of nitrogens with one attached hydrogen (secondary N) is 1. The van der Waals surface area contributed by atoms with Crippen molar-refractivity contribution in [2.75, 3.05) is 5.75 Å². The fourth-order valence-corrected chi connectivity index (χ4v) is 3.31. The van der Waals surface area contributed by atoms with E-state index in [1.807, 2.05) is 6.92 Å². The Hall–Kier alpha value is -1.76. The van der Waals surface area contributed by atoms with Gasteiger partial charge in [0.25, 0.3) is 5.69 Å². The Bertz CT molecular complexity index is 753. The third kappa shape index (κ3) is 5.12. The number of halogens is 2. The number of benzene rings is 2. The number of non-ortho nitro benzene ring substituents is 1. The number of nitro benzene ring substituents is 1. The van der Waals surface area contributed by atoms with Crippen LogP contribution in [-0.4, -0.2) is 16.6 Å². The van der Waals surface area contributed by atoms with E-state index in [4.69, 9.17) is 23.2 Å². The molecule has 0 radical (unpaired) electrons. The van der Waals surface area contributed by atoms with Gasteiger partial charge in [-0.25, -0.2) is 0 Å². The molecule has 0 spiro atoms. The second-order valence-electron chi connectivity index (χ2n) is 4.99. The highest BCUT2D eigenvalue weighted by molar-refractivity contribution is 8.00. The Morgan fingerprint density at radius 3 is 2.50 bits per heavy atom. The van der Waals surface area contributed by atoms with Crippen LogP contribution in [0.15, 0.2) is 47.4 Å². The van der Waals surface area contributed by atoms with Crippen LogP contribution in [0.3, 0.4) is 0 Å². The van der Waals surface area contributed by atoms with Gasteiger partial charge in [0.05, 0.1) is 16.7 Å². The molecule has 0 fully saturated rings. The van der Waals surface area contributed by atoms with Gasteiger partial charge >= 0.3 is 0 Å². The highest BCUT2D eigenvalue weighted by atomic mass is 35.5. The van der Waals surface area contributed by atoms with Crippen LogP contribution in [0.4, 0.5) is 5.69 Å². The summed E-state index contributed by atoms with van der Waals surface area (Å²) in [5.74, 6) is 0.0461. The maximum atomic E-state index is 12.0. The summed E-state index contributed by atoms with van der Waals surface area (Å²) in [6.07, 6.45) is 0. The Morgan fingerprint density at radius 1 is 1.25 bits per heavy atom. The Balaban J connectivity index is 1.89. The fraction of sp³-hybridized carbons (Fsp3) is 0.188. The number of rotatable bonds is 6. The quantitative estimate of drug-likeness (QED) is 0.437. The van der Waals surface area contributed by atoms with Gasteiger partial charge in [-0.05, 0) is 36.8 Å². The van der Waals surface area contributed by atoms with Crippen molar-refractivity contribution in [1.29, 1.82) is 0 Å². The molecule has 126 valence electrons. The van der Waals surface area contributed by atoms with Crippen LogP contribution in [0.25, 0.3) is 0 Å². The summed E-state index contributed by atoms with van der Waals surface area (Å²) in [6, 6.07) is 10.9. The van der Waals surface area contributed by atoms with Gasteiger partial charge in [0.1, 0.15) is 0 Å². The third-order valence-corrected chi connectivity index (χ3v) is 4.80. The first-order valence-electron chi connectivity index (χ1n) is 6.98. The zero-order chi connectivity index (χ0) is 17.7. The standard InChI is InChI=1S/C16H14Cl2N2O3S/c1-10(14-7-2-11(17)8-15(14)18)19-16(21)9-24-13-5-3-12(4-6-13)20(22)23/h2-8,10H,9H2,1H3,(H,19,21)/t10-/m1/s1. The average Bonchev–Trinajstić information content (AvgIpc) is 2.53. The first-order valence-corrected chi connectivity index (χ1v) is 8.72. The number of hydrogen-bond acceptors (Lipinski definition) is 4. The number of carbonyl (C=O) groups is 1. The van der Waals surface area contributed by atoms with Crippen LogP contribution in [0.5, 0.6) is 0 Å². The summed E-state index contributed by atoms with van der Waals surface area (Å²) >= 11 is 13.3. The zero-order valence-corrected chi connectivity index (χ0v) is 15.0. The molecule has 0 saturated heterocycles. The summed E-state index contributed by atoms with van der Waals surface area (Å²) in [5.41, 5.74) is 0.810. The Kier molecular flexibility index (Phi) is 6.48. The molecular weight excluding hydrogens is 371 g/mol. The number of thioether (sulfide) groups is 1. The molecule has 1 atom stereocenters. The van der Waals surface area contributed by atoms with Gasteiger partial charge in [0.15, 0.2) is 0 Å². The molecule has 1 N–H and O–H groups in total. The number of nitrogens with zero attached hydrogens (tertiary/aromatic N) is 1. The molecule has 0 aromatic heterocycles. The summed E-state index contributed by atoms with van der Waals surface area (Å²) < 4.78 is 0. The fourth-order valence-electron chi connectivity index (χ4n) is 2.03. The lowest BCUT2D eigenvalue weighted by molar-refractivity contribution is -0.384. The highest BCUT2D eigenvalue weighted by Crippen LogP contribution is 2.26. The van der Waals surface area contributed by atoms with Gasteiger partial charge in [0.2, 0.25) is 5.91 Å². The minimum absolute atomic E-state index is 0.0230. The second kappa shape index (κ2) is 8.37. The molecule has 0 aliphatic rings. The van der Waals surface area contributed by atoms with Gasteiger partial charge in [-0.15, -0.1) is 11.8 Å². The lowest BCUT2D eigenvalue weighted by Crippen LogP contribution is -2.28. The predicted octanol–water partition coefficient (Wildman–Crippen LogP) is 4.87. The number of carbonyl (C=O) groups excluding carboxylic acids is 1. The zero-order valence-electron chi connectivity index (χ0n) is 12.7. The van der Waals surface area contributed by atoms with Crippen LogP contribution in [0.2, 0.25) is 10.0 Å². The topological polar surface area (TPSA) is 72.2 Å². The second-order valence-corrected chi connectivity index (χ2v) is 6.89. The van der Waals surface area contributed by atoms with E-state index in [2.05, 4.69) is 5.32 Å². The Labute approximate surface area is 153 Å². The molecule has 1 amide bonds. The molecule has 24 heavy (non-hydrogen) atoms. The Morgan fingerprint density at radius 2 is 1.92 bits per heavy atom. The van der Waals surface area contributed by atoms with E-state index in [1.165, 1.54) is 23.9 Å². The molecule has 2 aromatic rings. The van der Waals surface area contributed by atoms with E-state index in [0.717, 1.165) is 10.5 Å². The molecule has 8 heteroatoms. The minimum atomic E-state index is -0.460. The number of nitro groups is 1. The summed E-state index contributed by atoms with van der Waals surface area (Å²) in [6.45, 7) is 1.84. The molecule has 2 aromatic carbocycles. The molecule has 0 unspecified atom stereocenters. The van der Waals surface area contributed by atoms with Crippen LogP contribution >= 0.6 is 35.0 Å². The number of amides is 1. The van der Waals surface area contributed by atoms with Crippen molar-refractivity contribution >= 4 is 46.6 Å². The van der Waals surface area contributed by atoms with Crippen molar-refractivity contribution in [3.05, 3.63) is 68.2 Å². The van der Waals surface area contributed by atoms with E-state index in [0.29, 0.717) is 10.0 Å². The first-order chi connectivity index (χ1) is 11.4. The molecule has 0 aliphatic carbocycles. The van der Waals surface area contributed by atoms with Crippen molar-refractivity contribution in [3.63, 3.8) is 0 Å². The normalized spacial score (nSPS) is 11.8. The predicted molar refractivity (Wildman–Crippen MR) is 96.8 cm³/mol. The van der Waals surface area contributed by atoms with E-state index in [9.17, 15) is 14.9 Å². The molecule has 0 saturated carbocycles. The summed E-state index contributed by atoms with van der Waals surface area (Å²) in [7, 11) is 0. The van der Waals surface area contributed by atoms with E-state index < -0.39 is 4.92 Å². The van der Waals surface area contributed by atoms with Crippen LogP contribution < -0.4 is 5.32 Å². The molecular formula is C16H14Cl2N2O3S. The van der Waals surface area contributed by atoms with E-state index in [-0.39, 0.29) is 23.4 Å². The van der Waals surface area contributed by atoms with Gasteiger partial charge in [-0.3, -0.25) is 14.9 Å². The van der Waals surface area contributed by atoms with E-state index in [1.54, 1.807) is 30.3 Å². The van der Waals surface area contributed by atoms with Crippen molar-refractivity contribution in [1.82, 2.24) is 5.32 Å². The van der Waals surface area contributed by atoms with Crippen molar-refractivity contribution in [2.24, 2.45) is 0 Å². The minimum Gasteiger partial charge on any atom is -0.349 e. The summed E-state index contributed by atoms with van der Waals surface area (Å²) in [5, 5.41) is 14.5.